The first-order chi connectivity index (χ1) is 10.6. The van der Waals surface area contributed by atoms with Gasteiger partial charge in [0.15, 0.2) is 6.61 Å². The quantitative estimate of drug-likeness (QED) is 0.647. The third-order valence-corrected chi connectivity index (χ3v) is 3.66. The van der Waals surface area contributed by atoms with E-state index in [0.717, 1.165) is 24.0 Å². The number of amides is 2. The first-order valence-electron chi connectivity index (χ1n) is 7.49. The number of hydrogen-bond acceptors (Lipinski definition) is 3. The molecule has 118 valence electrons. The van der Waals surface area contributed by atoms with Gasteiger partial charge in [-0.15, -0.1) is 0 Å². The predicted molar refractivity (Wildman–Crippen MR) is 84.2 cm³/mol. The van der Waals surface area contributed by atoms with Crippen molar-refractivity contribution in [3.63, 3.8) is 0 Å². The summed E-state index contributed by atoms with van der Waals surface area (Å²) in [5, 5.41) is 0. The Morgan fingerprint density at radius 2 is 1.86 bits per heavy atom. The monoisotopic (exact) mass is 302 g/mol. The minimum absolute atomic E-state index is 0.130. The van der Waals surface area contributed by atoms with Gasteiger partial charge < -0.3 is 4.74 Å². The first-order valence-corrected chi connectivity index (χ1v) is 7.49. The maximum absolute atomic E-state index is 11.7. The van der Waals surface area contributed by atoms with Gasteiger partial charge in [0.2, 0.25) is 5.91 Å². The number of benzene rings is 1. The number of para-hydroxylation sites is 1. The van der Waals surface area contributed by atoms with E-state index in [2.05, 4.69) is 16.9 Å². The van der Waals surface area contributed by atoms with Crippen molar-refractivity contribution in [2.75, 3.05) is 6.61 Å². The fourth-order valence-corrected chi connectivity index (χ4v) is 2.49. The van der Waals surface area contributed by atoms with Crippen LogP contribution in [0.4, 0.5) is 0 Å². The largest absolute Gasteiger partial charge is 0.483 e. The number of rotatable bonds is 5. The molecule has 1 aromatic rings. The normalized spacial score (nSPS) is 16.4. The third kappa shape index (κ3) is 4.62. The smallest absolute Gasteiger partial charge is 0.276 e. The zero-order chi connectivity index (χ0) is 15.9. The standard InChI is InChI=1S/C17H22N2O3/c1-12-6-5-7-13(2)17(12)22-11-16(21)19-18-15(20)10-14-8-3-4-9-14/h3,5-8,14H,4,9-11H2,1-2H3,(H,18,20)(H,19,21)/t14-/m0/s1. The van der Waals surface area contributed by atoms with Gasteiger partial charge in [0.25, 0.3) is 5.91 Å². The Morgan fingerprint density at radius 1 is 1.18 bits per heavy atom. The van der Waals surface area contributed by atoms with Crippen LogP contribution in [0.15, 0.2) is 30.4 Å². The molecule has 0 aromatic heterocycles. The molecule has 0 unspecified atom stereocenters. The summed E-state index contributed by atoms with van der Waals surface area (Å²) < 4.78 is 5.52. The van der Waals surface area contributed by atoms with Crippen molar-refractivity contribution >= 4 is 11.8 Å². The lowest BCUT2D eigenvalue weighted by atomic mass is 10.1. The number of allylic oxidation sites excluding steroid dienone is 2. The summed E-state index contributed by atoms with van der Waals surface area (Å²) in [4.78, 5) is 23.4. The van der Waals surface area contributed by atoms with Crippen molar-refractivity contribution in [3.8, 4) is 5.75 Å². The lowest BCUT2D eigenvalue weighted by Gasteiger charge is -2.13. The van der Waals surface area contributed by atoms with Gasteiger partial charge in [-0.2, -0.15) is 0 Å². The highest BCUT2D eigenvalue weighted by Gasteiger charge is 2.14. The maximum Gasteiger partial charge on any atom is 0.276 e. The molecule has 0 saturated carbocycles. The van der Waals surface area contributed by atoms with Crippen LogP contribution < -0.4 is 15.6 Å². The number of aryl methyl sites for hydroxylation is 2. The Bertz CT molecular complexity index is 561. The number of nitrogens with one attached hydrogen (secondary N) is 2. The number of carbonyl (C=O) groups excluding carboxylic acids is 2. The number of carbonyl (C=O) groups is 2. The van der Waals surface area contributed by atoms with Crippen LogP contribution in [0.3, 0.4) is 0 Å². The molecule has 2 rings (SSSR count). The first kappa shape index (κ1) is 16.1. The summed E-state index contributed by atoms with van der Waals surface area (Å²) in [6.07, 6.45) is 6.54. The Balaban J connectivity index is 1.71. The van der Waals surface area contributed by atoms with Crippen LogP contribution in [-0.2, 0) is 9.59 Å². The SMILES string of the molecule is Cc1cccc(C)c1OCC(=O)NNC(=O)C[C@H]1C=CCC1. The van der Waals surface area contributed by atoms with Crippen molar-refractivity contribution in [1.82, 2.24) is 10.9 Å². The molecule has 0 radical (unpaired) electrons. The predicted octanol–water partition coefficient (Wildman–Crippen LogP) is 2.19. The van der Waals surface area contributed by atoms with Crippen LogP contribution in [0.1, 0.15) is 30.4 Å². The Labute approximate surface area is 130 Å². The zero-order valence-electron chi connectivity index (χ0n) is 13.0. The van der Waals surface area contributed by atoms with E-state index in [1.165, 1.54) is 0 Å². The van der Waals surface area contributed by atoms with Gasteiger partial charge in [-0.1, -0.05) is 30.4 Å². The fourth-order valence-electron chi connectivity index (χ4n) is 2.49. The van der Waals surface area contributed by atoms with E-state index in [1.54, 1.807) is 0 Å². The van der Waals surface area contributed by atoms with Gasteiger partial charge in [0.05, 0.1) is 0 Å². The third-order valence-electron chi connectivity index (χ3n) is 3.66. The van der Waals surface area contributed by atoms with Gasteiger partial charge in [-0.3, -0.25) is 20.4 Å². The van der Waals surface area contributed by atoms with Crippen molar-refractivity contribution in [2.45, 2.75) is 33.1 Å². The second-order valence-corrected chi connectivity index (χ2v) is 5.58. The molecule has 0 bridgehead atoms. The van der Waals surface area contributed by atoms with E-state index in [0.29, 0.717) is 12.2 Å². The van der Waals surface area contributed by atoms with Gasteiger partial charge in [-0.05, 0) is 43.7 Å². The van der Waals surface area contributed by atoms with Crippen molar-refractivity contribution < 1.29 is 14.3 Å². The van der Waals surface area contributed by atoms with Crippen LogP contribution >= 0.6 is 0 Å². The molecule has 5 heteroatoms. The molecule has 0 heterocycles. The molecule has 1 aromatic carbocycles. The summed E-state index contributed by atoms with van der Waals surface area (Å²) in [6, 6.07) is 5.80. The Morgan fingerprint density at radius 3 is 2.50 bits per heavy atom. The van der Waals surface area contributed by atoms with E-state index in [4.69, 9.17) is 4.74 Å². The van der Waals surface area contributed by atoms with Crippen molar-refractivity contribution in [1.29, 1.82) is 0 Å². The van der Waals surface area contributed by atoms with Crippen LogP contribution in [0.25, 0.3) is 0 Å². The second-order valence-electron chi connectivity index (χ2n) is 5.58. The zero-order valence-corrected chi connectivity index (χ0v) is 13.0. The van der Waals surface area contributed by atoms with E-state index in [-0.39, 0.29) is 24.3 Å². The average molecular weight is 302 g/mol. The molecule has 22 heavy (non-hydrogen) atoms. The van der Waals surface area contributed by atoms with Crippen molar-refractivity contribution in [2.24, 2.45) is 5.92 Å². The number of hydrogen-bond donors (Lipinski definition) is 2. The lowest BCUT2D eigenvalue weighted by molar-refractivity contribution is -0.130. The van der Waals surface area contributed by atoms with E-state index < -0.39 is 0 Å². The molecule has 1 aliphatic rings. The Hall–Kier alpha value is -2.30. The summed E-state index contributed by atoms with van der Waals surface area (Å²) >= 11 is 0. The Kier molecular flexibility index (Phi) is 5.58. The second kappa shape index (κ2) is 7.64. The molecular formula is C17H22N2O3. The minimum Gasteiger partial charge on any atom is -0.483 e. The van der Waals surface area contributed by atoms with Gasteiger partial charge in [0.1, 0.15) is 5.75 Å². The van der Waals surface area contributed by atoms with Gasteiger partial charge in [-0.25, -0.2) is 0 Å². The minimum atomic E-state index is -0.377. The summed E-state index contributed by atoms with van der Waals surface area (Å²) in [5.74, 6) is 0.428. The molecule has 1 aliphatic carbocycles. The highest BCUT2D eigenvalue weighted by atomic mass is 16.5. The summed E-state index contributed by atoms with van der Waals surface area (Å²) in [5.41, 5.74) is 6.75. The summed E-state index contributed by atoms with van der Waals surface area (Å²) in [6.45, 7) is 3.73. The fraction of sp³-hybridized carbons (Fsp3) is 0.412. The molecule has 0 saturated heterocycles. The molecule has 2 N–H and O–H groups in total. The maximum atomic E-state index is 11.7. The van der Waals surface area contributed by atoms with Crippen LogP contribution in [0.2, 0.25) is 0 Å². The average Bonchev–Trinajstić information content (AvgIpc) is 2.97. The topological polar surface area (TPSA) is 67.4 Å². The molecule has 0 aliphatic heterocycles. The highest BCUT2D eigenvalue weighted by Crippen LogP contribution is 2.22. The van der Waals surface area contributed by atoms with E-state index in [9.17, 15) is 9.59 Å². The molecule has 2 amide bonds. The number of ether oxygens (including phenoxy) is 1. The molecule has 0 fully saturated rings. The van der Waals surface area contributed by atoms with Gasteiger partial charge in [0, 0.05) is 6.42 Å². The number of hydrazine groups is 1. The summed E-state index contributed by atoms with van der Waals surface area (Å²) in [7, 11) is 0. The van der Waals surface area contributed by atoms with Crippen LogP contribution in [0, 0.1) is 19.8 Å². The molecular weight excluding hydrogens is 280 g/mol. The van der Waals surface area contributed by atoms with E-state index in [1.807, 2.05) is 38.1 Å². The van der Waals surface area contributed by atoms with E-state index >= 15 is 0 Å². The molecule has 5 nitrogen and oxygen atoms in total. The molecule has 0 spiro atoms. The van der Waals surface area contributed by atoms with Crippen molar-refractivity contribution in [3.05, 3.63) is 41.5 Å². The van der Waals surface area contributed by atoms with Crippen LogP contribution in [-0.4, -0.2) is 18.4 Å². The molecule has 1 atom stereocenters. The van der Waals surface area contributed by atoms with Gasteiger partial charge >= 0.3 is 0 Å². The lowest BCUT2D eigenvalue weighted by Crippen LogP contribution is -2.44. The highest BCUT2D eigenvalue weighted by molar-refractivity contribution is 5.83. The van der Waals surface area contributed by atoms with Crippen LogP contribution in [0.5, 0.6) is 5.75 Å².